The Hall–Kier alpha value is -2.16. The molecule has 0 bridgehead atoms. The number of carbonyl (C=O) groups is 2. The van der Waals surface area contributed by atoms with Crippen LogP contribution in [0.15, 0.2) is 29.6 Å². The average Bonchev–Trinajstić information content (AvgIpc) is 3.22. The van der Waals surface area contributed by atoms with Crippen LogP contribution in [0.25, 0.3) is 0 Å². The Labute approximate surface area is 192 Å². The first kappa shape index (κ1) is 23.5. The van der Waals surface area contributed by atoms with E-state index in [0.29, 0.717) is 31.3 Å². The maximum atomic E-state index is 12.7. The third-order valence-corrected chi connectivity index (χ3v) is 6.43. The standard InChI is InChI=1S/C22H29ClN4O3S/c1-3-26(4-2)22(29)14-25-9-11-27(12-10-25)21(28)13-18-16-31-20(24-18)15-30-19-7-5-17(23)6-8-19/h5-8,16H,3-4,9-15H2,1-2H3. The number of benzene rings is 1. The Morgan fingerprint density at radius 2 is 1.81 bits per heavy atom. The van der Waals surface area contributed by atoms with E-state index in [1.807, 2.05) is 41.2 Å². The zero-order valence-corrected chi connectivity index (χ0v) is 19.6. The van der Waals surface area contributed by atoms with E-state index in [1.54, 1.807) is 12.1 Å². The summed E-state index contributed by atoms with van der Waals surface area (Å²) in [5, 5.41) is 3.41. The fraction of sp³-hybridized carbons (Fsp3) is 0.500. The van der Waals surface area contributed by atoms with Crippen LogP contribution in [0.5, 0.6) is 5.75 Å². The van der Waals surface area contributed by atoms with Crippen molar-refractivity contribution < 1.29 is 14.3 Å². The van der Waals surface area contributed by atoms with Crippen LogP contribution in [0.2, 0.25) is 5.02 Å². The van der Waals surface area contributed by atoms with Crippen LogP contribution in [0.3, 0.4) is 0 Å². The minimum atomic E-state index is 0.0742. The largest absolute Gasteiger partial charge is 0.486 e. The van der Waals surface area contributed by atoms with Crippen LogP contribution < -0.4 is 4.74 Å². The van der Waals surface area contributed by atoms with E-state index in [-0.39, 0.29) is 18.2 Å². The van der Waals surface area contributed by atoms with Crippen molar-refractivity contribution in [3.8, 4) is 5.75 Å². The van der Waals surface area contributed by atoms with E-state index >= 15 is 0 Å². The molecule has 0 spiro atoms. The fourth-order valence-corrected chi connectivity index (χ4v) is 4.29. The lowest BCUT2D eigenvalue weighted by molar-refractivity contribution is -0.134. The molecule has 31 heavy (non-hydrogen) atoms. The van der Waals surface area contributed by atoms with Gasteiger partial charge in [0.25, 0.3) is 0 Å². The highest BCUT2D eigenvalue weighted by molar-refractivity contribution is 7.09. The molecule has 168 valence electrons. The molecule has 0 atom stereocenters. The quantitative estimate of drug-likeness (QED) is 0.570. The lowest BCUT2D eigenvalue weighted by atomic mass is 10.2. The normalized spacial score (nSPS) is 14.5. The van der Waals surface area contributed by atoms with Gasteiger partial charge in [-0.15, -0.1) is 11.3 Å². The van der Waals surface area contributed by atoms with E-state index < -0.39 is 0 Å². The zero-order valence-electron chi connectivity index (χ0n) is 18.1. The molecule has 1 saturated heterocycles. The van der Waals surface area contributed by atoms with Gasteiger partial charge in [-0.2, -0.15) is 0 Å². The molecule has 0 aliphatic carbocycles. The maximum Gasteiger partial charge on any atom is 0.236 e. The molecule has 7 nitrogen and oxygen atoms in total. The Morgan fingerprint density at radius 1 is 1.13 bits per heavy atom. The fourth-order valence-electron chi connectivity index (χ4n) is 3.46. The van der Waals surface area contributed by atoms with Gasteiger partial charge in [-0.25, -0.2) is 4.98 Å². The Bertz CT molecular complexity index is 862. The van der Waals surface area contributed by atoms with Crippen LogP contribution in [0.4, 0.5) is 0 Å². The third kappa shape index (κ3) is 6.92. The zero-order chi connectivity index (χ0) is 22.2. The number of thiazole rings is 1. The Balaban J connectivity index is 1.42. The molecule has 2 heterocycles. The highest BCUT2D eigenvalue weighted by atomic mass is 35.5. The first-order valence-electron chi connectivity index (χ1n) is 10.6. The predicted octanol–water partition coefficient (Wildman–Crippen LogP) is 2.93. The van der Waals surface area contributed by atoms with Crippen molar-refractivity contribution in [2.45, 2.75) is 26.9 Å². The first-order chi connectivity index (χ1) is 15.0. The molecule has 0 N–H and O–H groups in total. The van der Waals surface area contributed by atoms with Gasteiger partial charge in [0.1, 0.15) is 17.4 Å². The number of piperazine rings is 1. The SMILES string of the molecule is CCN(CC)C(=O)CN1CCN(C(=O)Cc2csc(COc3ccc(Cl)cc3)n2)CC1. The number of hydrogen-bond donors (Lipinski definition) is 0. The molecule has 0 radical (unpaired) electrons. The second-order valence-electron chi connectivity index (χ2n) is 7.37. The molecule has 0 unspecified atom stereocenters. The number of rotatable bonds is 9. The summed E-state index contributed by atoms with van der Waals surface area (Å²) in [6.45, 7) is 8.94. The summed E-state index contributed by atoms with van der Waals surface area (Å²) in [6, 6.07) is 7.19. The van der Waals surface area contributed by atoms with Gasteiger partial charge in [0.15, 0.2) is 0 Å². The second kappa shape index (κ2) is 11.5. The average molecular weight is 465 g/mol. The number of ether oxygens (including phenoxy) is 1. The van der Waals surface area contributed by atoms with E-state index in [9.17, 15) is 9.59 Å². The summed E-state index contributed by atoms with van der Waals surface area (Å²) in [5.74, 6) is 0.959. The lowest BCUT2D eigenvalue weighted by Gasteiger charge is -2.35. The van der Waals surface area contributed by atoms with E-state index in [1.165, 1.54) is 11.3 Å². The molecule has 2 amide bonds. The van der Waals surface area contributed by atoms with E-state index in [0.717, 1.165) is 42.6 Å². The summed E-state index contributed by atoms with van der Waals surface area (Å²) in [6.07, 6.45) is 0.288. The van der Waals surface area contributed by atoms with E-state index in [2.05, 4.69) is 9.88 Å². The molecule has 1 aromatic heterocycles. The lowest BCUT2D eigenvalue weighted by Crippen LogP contribution is -2.51. The van der Waals surface area contributed by atoms with Gasteiger partial charge < -0.3 is 14.5 Å². The van der Waals surface area contributed by atoms with Gasteiger partial charge >= 0.3 is 0 Å². The van der Waals surface area contributed by atoms with Crippen LogP contribution in [-0.2, 0) is 22.6 Å². The Kier molecular flexibility index (Phi) is 8.69. The van der Waals surface area contributed by atoms with Gasteiger partial charge in [-0.1, -0.05) is 11.6 Å². The first-order valence-corrected chi connectivity index (χ1v) is 11.8. The monoisotopic (exact) mass is 464 g/mol. The summed E-state index contributed by atoms with van der Waals surface area (Å²) in [4.78, 5) is 35.3. The van der Waals surface area contributed by atoms with Crippen molar-refractivity contribution in [3.63, 3.8) is 0 Å². The summed E-state index contributed by atoms with van der Waals surface area (Å²) in [7, 11) is 0. The number of halogens is 1. The molecule has 2 aromatic rings. The second-order valence-corrected chi connectivity index (χ2v) is 8.75. The number of hydrogen-bond acceptors (Lipinski definition) is 6. The van der Waals surface area contributed by atoms with Crippen molar-refractivity contribution in [1.29, 1.82) is 0 Å². The van der Waals surface area contributed by atoms with Gasteiger partial charge in [-0.05, 0) is 38.1 Å². The molecule has 3 rings (SSSR count). The molecule has 1 aliphatic rings. The van der Waals surface area contributed by atoms with Gasteiger partial charge in [0, 0.05) is 49.7 Å². The minimum absolute atomic E-state index is 0.0742. The highest BCUT2D eigenvalue weighted by Crippen LogP contribution is 2.18. The smallest absolute Gasteiger partial charge is 0.236 e. The van der Waals surface area contributed by atoms with Crippen LogP contribution in [0, 0.1) is 0 Å². The van der Waals surface area contributed by atoms with Crippen molar-refractivity contribution in [2.24, 2.45) is 0 Å². The van der Waals surface area contributed by atoms with Crippen molar-refractivity contribution in [2.75, 3.05) is 45.8 Å². The van der Waals surface area contributed by atoms with Crippen LogP contribution >= 0.6 is 22.9 Å². The molecule has 1 aromatic carbocycles. The molecular weight excluding hydrogens is 436 g/mol. The number of carbonyl (C=O) groups excluding carboxylic acids is 2. The Morgan fingerprint density at radius 3 is 2.45 bits per heavy atom. The van der Waals surface area contributed by atoms with E-state index in [4.69, 9.17) is 16.3 Å². The number of amides is 2. The summed E-state index contributed by atoms with van der Waals surface area (Å²) in [5.41, 5.74) is 0.767. The van der Waals surface area contributed by atoms with Gasteiger partial charge in [0.2, 0.25) is 11.8 Å². The topological polar surface area (TPSA) is 66.0 Å². The van der Waals surface area contributed by atoms with Crippen molar-refractivity contribution in [1.82, 2.24) is 19.7 Å². The number of nitrogens with zero attached hydrogens (tertiary/aromatic N) is 4. The number of aromatic nitrogens is 1. The predicted molar refractivity (Wildman–Crippen MR) is 123 cm³/mol. The van der Waals surface area contributed by atoms with Crippen molar-refractivity contribution >= 4 is 34.8 Å². The molecular formula is C22H29ClN4O3S. The van der Waals surface area contributed by atoms with Gasteiger partial charge in [0.05, 0.1) is 18.7 Å². The van der Waals surface area contributed by atoms with Gasteiger partial charge in [-0.3, -0.25) is 14.5 Å². The van der Waals surface area contributed by atoms with Crippen molar-refractivity contribution in [3.05, 3.63) is 45.4 Å². The summed E-state index contributed by atoms with van der Waals surface area (Å²) >= 11 is 7.37. The third-order valence-electron chi connectivity index (χ3n) is 5.31. The summed E-state index contributed by atoms with van der Waals surface area (Å²) < 4.78 is 5.72. The molecule has 1 fully saturated rings. The molecule has 1 aliphatic heterocycles. The van der Waals surface area contributed by atoms with Crippen LogP contribution in [-0.4, -0.2) is 77.3 Å². The highest BCUT2D eigenvalue weighted by Gasteiger charge is 2.24. The molecule has 9 heteroatoms. The number of likely N-dealkylation sites (N-methyl/N-ethyl adjacent to an activating group) is 1. The minimum Gasteiger partial charge on any atom is -0.486 e. The van der Waals surface area contributed by atoms with Crippen LogP contribution in [0.1, 0.15) is 24.5 Å². The maximum absolute atomic E-state index is 12.7. The molecule has 0 saturated carbocycles.